The van der Waals surface area contributed by atoms with Crippen molar-refractivity contribution in [1.29, 1.82) is 0 Å². The van der Waals surface area contributed by atoms with Crippen molar-refractivity contribution in [2.45, 2.75) is 0 Å². The van der Waals surface area contributed by atoms with Crippen LogP contribution in [0.2, 0.25) is 0 Å². The van der Waals surface area contributed by atoms with Gasteiger partial charge in [0.1, 0.15) is 4.88 Å². The van der Waals surface area contributed by atoms with E-state index in [9.17, 15) is 4.79 Å². The smallest absolute Gasteiger partial charge is 0.481 e. The Bertz CT molecular complexity index is 676. The summed E-state index contributed by atoms with van der Waals surface area (Å²) in [5.74, 6) is -1.27. The molecule has 110 valence electrons. The van der Waals surface area contributed by atoms with Gasteiger partial charge in [0, 0.05) is 5.01 Å². The zero-order valence-electron chi connectivity index (χ0n) is 11.4. The minimum absolute atomic E-state index is 0. The molecule has 0 saturated heterocycles. The molecule has 0 spiro atoms. The molecule has 0 amide bonds. The van der Waals surface area contributed by atoms with Crippen LogP contribution in [-0.2, 0) is 21.1 Å². The average molecular weight is 480 g/mol. The molecule has 0 unspecified atom stereocenters. The van der Waals surface area contributed by atoms with Crippen molar-refractivity contribution >= 4 is 23.1 Å². The van der Waals surface area contributed by atoms with Gasteiger partial charge in [0.05, 0.1) is 0 Å². The molecule has 4 nitrogen and oxygen atoms in total. The van der Waals surface area contributed by atoms with E-state index in [2.05, 4.69) is 11.1 Å². The van der Waals surface area contributed by atoms with Gasteiger partial charge in [0.15, 0.2) is 0 Å². The molecule has 2 aromatic carbocycles. The van der Waals surface area contributed by atoms with Crippen LogP contribution < -0.4 is 0 Å². The summed E-state index contributed by atoms with van der Waals surface area (Å²) < 4.78 is 0. The van der Waals surface area contributed by atoms with E-state index in [1.165, 1.54) is 0 Å². The summed E-state index contributed by atoms with van der Waals surface area (Å²) in [6.07, 6.45) is 0. The van der Waals surface area contributed by atoms with Gasteiger partial charge in [-0.15, -0.1) is 11.3 Å². The Kier molecular flexibility index (Phi) is 7.50. The van der Waals surface area contributed by atoms with Gasteiger partial charge >= 0.3 is 27.0 Å². The summed E-state index contributed by atoms with van der Waals surface area (Å²) in [7, 11) is 0. The number of carbonyl (C=O) groups is 1. The van der Waals surface area contributed by atoms with Crippen LogP contribution in [0.25, 0.3) is 16.3 Å². The number of carboxylic acid groups (broad SMARTS) is 1. The third kappa shape index (κ3) is 5.10. The number of nitrogens with one attached hydrogen (secondary N) is 1. The molecule has 0 bridgehead atoms. The van der Waals surface area contributed by atoms with E-state index in [1.54, 1.807) is 0 Å². The predicted octanol–water partition coefficient (Wildman–Crippen LogP) is 4.68. The maximum absolute atomic E-state index is 10.7. The first-order valence-corrected chi connectivity index (χ1v) is 6.92. The summed E-state index contributed by atoms with van der Waals surface area (Å²) in [5, 5.41) is 9.34. The first kappa shape index (κ1) is 18.1. The Morgan fingerprint density at radius 2 is 1.68 bits per heavy atom. The fourth-order valence-electron chi connectivity index (χ4n) is 1.51. The Hall–Kier alpha value is -1.97. The van der Waals surface area contributed by atoms with Gasteiger partial charge < -0.3 is 15.8 Å². The standard InChI is InChI=1S/C10H7N2O2S.C6H5.W/c11-8-7(10(13)14)15-9(12-8)6-4-2-1-3-5-6;1-2-4-6-5-3-1;/h1-5,11H,(H,13,14);1-5H;/q2*-1;+2. The first-order chi connectivity index (χ1) is 10.2. The molecule has 0 aliphatic heterocycles. The van der Waals surface area contributed by atoms with Crippen LogP contribution >= 0.6 is 11.3 Å². The Labute approximate surface area is 146 Å². The Balaban J connectivity index is 0.000000293. The van der Waals surface area contributed by atoms with E-state index >= 15 is 0 Å². The van der Waals surface area contributed by atoms with Crippen LogP contribution in [0.15, 0.2) is 60.7 Å². The van der Waals surface area contributed by atoms with Gasteiger partial charge in [0.25, 0.3) is 0 Å². The summed E-state index contributed by atoms with van der Waals surface area (Å²) in [5.41, 5.74) is 8.23. The van der Waals surface area contributed by atoms with Crippen molar-refractivity contribution in [3.63, 3.8) is 0 Å². The van der Waals surface area contributed by atoms with Crippen LogP contribution in [0.3, 0.4) is 0 Å². The number of aromatic carboxylic acids is 1. The van der Waals surface area contributed by atoms with E-state index < -0.39 is 5.97 Å². The Morgan fingerprint density at radius 1 is 1.09 bits per heavy atom. The van der Waals surface area contributed by atoms with Crippen molar-refractivity contribution in [3.05, 3.63) is 77.3 Å². The maximum Gasteiger partial charge on any atom is 2.00 e. The second kappa shape index (κ2) is 9.13. The number of nitrogens with zero attached hydrogens (tertiary/aromatic N) is 1. The summed E-state index contributed by atoms with van der Waals surface area (Å²) in [6, 6.07) is 21.7. The molecule has 0 aliphatic rings. The molecule has 6 heteroatoms. The molecule has 1 aromatic heterocycles. The van der Waals surface area contributed by atoms with Crippen molar-refractivity contribution in [3.8, 4) is 10.6 Å². The number of benzene rings is 2. The number of hydrogen-bond donors (Lipinski definition) is 1. The predicted molar refractivity (Wildman–Crippen MR) is 83.8 cm³/mol. The molecule has 0 fully saturated rings. The van der Waals surface area contributed by atoms with Gasteiger partial charge in [0.2, 0.25) is 0 Å². The van der Waals surface area contributed by atoms with Gasteiger partial charge in [-0.3, -0.25) is 0 Å². The van der Waals surface area contributed by atoms with E-state index in [1.807, 2.05) is 60.7 Å². The molecular formula is C16H12N2O2SW. The van der Waals surface area contributed by atoms with E-state index in [4.69, 9.17) is 10.8 Å². The third-order valence-electron chi connectivity index (χ3n) is 2.45. The van der Waals surface area contributed by atoms with Crippen molar-refractivity contribution in [1.82, 2.24) is 4.98 Å². The number of hydrogen-bond acceptors (Lipinski definition) is 3. The topological polar surface area (TPSA) is 74.0 Å². The van der Waals surface area contributed by atoms with Gasteiger partial charge in [-0.2, -0.15) is 36.4 Å². The van der Waals surface area contributed by atoms with E-state index in [0.717, 1.165) is 16.9 Å². The monoisotopic (exact) mass is 480 g/mol. The first-order valence-electron chi connectivity index (χ1n) is 6.10. The van der Waals surface area contributed by atoms with Crippen molar-refractivity contribution in [2.75, 3.05) is 0 Å². The SMILES string of the molecule is [NH-]c1nc(-c2ccccc2)sc1C(=O)O.[W+2].[c-]1ccccc1. The maximum atomic E-state index is 10.7. The molecule has 3 aromatic rings. The fraction of sp³-hybridized carbons (Fsp3) is 0. The van der Waals surface area contributed by atoms with E-state index in [0.29, 0.717) is 5.01 Å². The molecule has 22 heavy (non-hydrogen) atoms. The van der Waals surface area contributed by atoms with Crippen LogP contribution in [0.1, 0.15) is 9.67 Å². The van der Waals surface area contributed by atoms with E-state index in [-0.39, 0.29) is 31.8 Å². The molecule has 2 N–H and O–H groups in total. The molecule has 0 saturated carbocycles. The fourth-order valence-corrected chi connectivity index (χ4v) is 2.33. The van der Waals surface area contributed by atoms with Crippen LogP contribution in [0.5, 0.6) is 0 Å². The third-order valence-corrected chi connectivity index (χ3v) is 3.54. The normalized spacial score (nSPS) is 9.09. The number of carboxylic acids is 1. The molecular weight excluding hydrogens is 468 g/mol. The zero-order valence-corrected chi connectivity index (χ0v) is 15.1. The summed E-state index contributed by atoms with van der Waals surface area (Å²) in [6.45, 7) is 0. The minimum atomic E-state index is -1.10. The van der Waals surface area contributed by atoms with Gasteiger partial charge in [-0.25, -0.2) is 4.79 Å². The molecule has 0 atom stereocenters. The number of thiazole rings is 1. The zero-order chi connectivity index (χ0) is 15.1. The number of rotatable bonds is 2. The quantitative estimate of drug-likeness (QED) is 0.542. The average Bonchev–Trinajstić information content (AvgIpc) is 2.93. The van der Waals surface area contributed by atoms with Crippen LogP contribution in [0, 0.1) is 6.07 Å². The summed E-state index contributed by atoms with van der Waals surface area (Å²) in [4.78, 5) is 14.6. The van der Waals surface area contributed by atoms with Gasteiger partial charge in [-0.1, -0.05) is 30.3 Å². The molecule has 0 radical (unpaired) electrons. The molecule has 1 heterocycles. The molecule has 0 aliphatic carbocycles. The number of aromatic nitrogens is 1. The summed E-state index contributed by atoms with van der Waals surface area (Å²) >= 11 is 1.02. The molecule has 3 rings (SSSR count). The Morgan fingerprint density at radius 3 is 2.09 bits per heavy atom. The van der Waals surface area contributed by atoms with Gasteiger partial charge in [-0.05, 0) is 11.4 Å². The van der Waals surface area contributed by atoms with Crippen molar-refractivity contribution in [2.24, 2.45) is 0 Å². The van der Waals surface area contributed by atoms with Crippen LogP contribution in [-0.4, -0.2) is 16.1 Å². The largest absolute Gasteiger partial charge is 2.00 e. The minimum Gasteiger partial charge on any atom is -0.481 e. The van der Waals surface area contributed by atoms with Crippen molar-refractivity contribution < 1.29 is 31.0 Å². The second-order valence-electron chi connectivity index (χ2n) is 3.95. The van der Waals surface area contributed by atoms with Crippen LogP contribution in [0.4, 0.5) is 5.82 Å². The second-order valence-corrected chi connectivity index (χ2v) is 4.94.